The van der Waals surface area contributed by atoms with Gasteiger partial charge in [0.25, 0.3) is 11.8 Å². The van der Waals surface area contributed by atoms with Gasteiger partial charge >= 0.3 is 12.1 Å². The van der Waals surface area contributed by atoms with Gasteiger partial charge in [-0.2, -0.15) is 18.4 Å². The molecule has 0 radical (unpaired) electrons. The fraction of sp³-hybridized carbons (Fsp3) is 0.440. The molecule has 4 aromatic rings. The van der Waals surface area contributed by atoms with Gasteiger partial charge in [-0.1, -0.05) is 37.6 Å². The van der Waals surface area contributed by atoms with Gasteiger partial charge in [-0.05, 0) is 104 Å². The Morgan fingerprint density at radius 2 is 1.56 bits per heavy atom. The van der Waals surface area contributed by atoms with Crippen molar-refractivity contribution in [2.45, 2.75) is 76.2 Å². The van der Waals surface area contributed by atoms with Crippen LogP contribution in [0, 0.1) is 17.2 Å². The van der Waals surface area contributed by atoms with Crippen LogP contribution in [0.3, 0.4) is 0 Å². The van der Waals surface area contributed by atoms with Crippen LogP contribution in [0.1, 0.15) is 89.1 Å². The first-order valence-electron chi connectivity index (χ1n) is 23.3. The second-order valence-corrected chi connectivity index (χ2v) is 19.2. The number of likely N-dealkylation sites (tertiary alicyclic amines) is 1. The number of hydrogen-bond donors (Lipinski definition) is 2. The van der Waals surface area contributed by atoms with Gasteiger partial charge in [0.1, 0.15) is 18.4 Å². The number of aliphatic carboxylic acids is 1. The number of carbonyl (C=O) groups is 5. The molecular weight excluding hydrogens is 931 g/mol. The summed E-state index contributed by atoms with van der Waals surface area (Å²) < 4.78 is 37.9. The number of amides is 4. The van der Waals surface area contributed by atoms with E-state index in [0.29, 0.717) is 40.3 Å². The van der Waals surface area contributed by atoms with Crippen molar-refractivity contribution in [2.24, 2.45) is 5.92 Å². The highest BCUT2D eigenvalue weighted by molar-refractivity contribution is 6.30. The van der Waals surface area contributed by atoms with Gasteiger partial charge in [-0.3, -0.25) is 34.3 Å². The molecule has 2 unspecified atom stereocenters. The smallest absolute Gasteiger partial charge is 0.487 e. The zero-order valence-electron chi connectivity index (χ0n) is 38.8. The third-order valence-electron chi connectivity index (χ3n) is 13.9. The van der Waals surface area contributed by atoms with E-state index in [1.165, 1.54) is 6.42 Å². The molecule has 4 amide bonds. The lowest BCUT2D eigenvalue weighted by Gasteiger charge is -2.38. The van der Waals surface area contributed by atoms with Crippen LogP contribution in [0.4, 0.5) is 24.8 Å². The fourth-order valence-electron chi connectivity index (χ4n) is 9.88. The Labute approximate surface area is 407 Å². The first-order chi connectivity index (χ1) is 33.4. The summed E-state index contributed by atoms with van der Waals surface area (Å²) >= 11 is 6.31. The number of nitriles is 1. The standard InChI is InChI=1S/C48H52ClN9O5.C2HF3O2/c1-48(2,34-23-32(27-50)24-35(49)25-34)33-3-6-39(7-4-33)63-30-36-11-15-51-47(52-36)57-21-19-56(20-22-57)38-14-16-54(29-38)28-31-12-17-55(18-13-31)37-5-8-40-41(26-37)46(62)58(45(40)61)42-9-10-43(59)53-44(42)60;3-2(4,5)1(6)7/h3-8,11,15,23-26,31,38,42H,9-10,12-14,16-22,28-30H2,1-2H3,(H,53,59,60);(H,6,7). The summed E-state index contributed by atoms with van der Waals surface area (Å²) in [6.45, 7) is 13.3. The van der Waals surface area contributed by atoms with E-state index in [1.54, 1.807) is 18.2 Å². The summed E-state index contributed by atoms with van der Waals surface area (Å²) in [5.41, 5.74) is 4.63. The lowest BCUT2D eigenvalue weighted by molar-refractivity contribution is -0.192. The average Bonchev–Trinajstić information content (AvgIpc) is 3.91. The van der Waals surface area contributed by atoms with E-state index >= 15 is 0 Å². The lowest BCUT2D eigenvalue weighted by atomic mass is 9.78. The van der Waals surface area contributed by atoms with Crippen molar-refractivity contribution in [3.8, 4) is 11.8 Å². The van der Waals surface area contributed by atoms with Crippen molar-refractivity contribution in [1.82, 2.24) is 30.0 Å². The van der Waals surface area contributed by atoms with Crippen LogP contribution >= 0.6 is 11.6 Å². The Kier molecular flexibility index (Phi) is 14.8. The third kappa shape index (κ3) is 11.2. The number of rotatable bonds is 11. The number of fused-ring (bicyclic) bond motifs is 1. The van der Waals surface area contributed by atoms with Gasteiger partial charge in [0.05, 0.1) is 28.5 Å². The number of imide groups is 2. The van der Waals surface area contributed by atoms with Crippen LogP contribution in [0.2, 0.25) is 5.02 Å². The molecule has 5 aliphatic rings. The normalized spacial score (nSPS) is 20.4. The highest BCUT2D eigenvalue weighted by Crippen LogP contribution is 2.36. The number of carboxylic acid groups (broad SMARTS) is 1. The molecule has 2 atom stereocenters. The number of nitrogens with one attached hydrogen (secondary N) is 1. The zero-order valence-corrected chi connectivity index (χ0v) is 39.5. The number of alkyl halides is 3. The van der Waals surface area contributed by atoms with Crippen LogP contribution in [0.15, 0.2) is 72.9 Å². The number of halogens is 4. The number of piperidine rings is 2. The molecule has 9 rings (SSSR count). The number of carbonyl (C=O) groups excluding carboxylic acids is 4. The molecule has 0 saturated carbocycles. The van der Waals surface area contributed by atoms with Gasteiger partial charge < -0.3 is 24.5 Å². The minimum absolute atomic E-state index is 0.0996. The summed E-state index contributed by atoms with van der Waals surface area (Å²) in [6.07, 6.45) is 0.247. The van der Waals surface area contributed by atoms with Crippen molar-refractivity contribution in [1.29, 1.82) is 5.26 Å². The number of anilines is 2. The van der Waals surface area contributed by atoms with E-state index in [9.17, 15) is 37.6 Å². The maximum atomic E-state index is 13.4. The average molecular weight is 984 g/mol. The maximum absolute atomic E-state index is 13.4. The van der Waals surface area contributed by atoms with E-state index in [0.717, 1.165) is 111 Å². The maximum Gasteiger partial charge on any atom is 0.490 e. The van der Waals surface area contributed by atoms with Crippen molar-refractivity contribution in [2.75, 3.05) is 68.7 Å². The molecular formula is C50H53ClF3N9O7. The number of carboxylic acids is 1. The van der Waals surface area contributed by atoms with Gasteiger partial charge in [-0.25, -0.2) is 14.8 Å². The number of aromatic nitrogens is 2. The quantitative estimate of drug-likeness (QED) is 0.165. The molecule has 6 heterocycles. The number of hydrogen-bond acceptors (Lipinski definition) is 13. The lowest BCUT2D eigenvalue weighted by Crippen LogP contribution is -2.54. The number of piperazine rings is 1. The van der Waals surface area contributed by atoms with Gasteiger partial charge in [0, 0.05) is 87.1 Å². The molecule has 4 fully saturated rings. The Bertz CT molecular complexity index is 2680. The SMILES string of the molecule is CC(C)(c1ccc(OCc2ccnc(N3CCN(C4CCN(CC5CCN(c6ccc7c(c6)C(=O)N(C6CCC(=O)NC6=O)C7=O)CC5)C4)CC3)n2)cc1)c1cc(Cl)cc(C#N)c1.O=C(O)C(F)(F)F. The highest BCUT2D eigenvalue weighted by atomic mass is 35.5. The molecule has 1 aromatic heterocycles. The summed E-state index contributed by atoms with van der Waals surface area (Å²) in [5, 5.41) is 19.4. The Balaban J connectivity index is 0.000000876. The monoisotopic (exact) mass is 983 g/mol. The Morgan fingerprint density at radius 1 is 0.857 bits per heavy atom. The Hall–Kier alpha value is -6.62. The number of nitrogens with zero attached hydrogens (tertiary/aromatic N) is 8. The third-order valence-corrected chi connectivity index (χ3v) is 14.2. The van der Waals surface area contributed by atoms with Crippen molar-refractivity contribution < 1.29 is 47.0 Å². The highest BCUT2D eigenvalue weighted by Gasteiger charge is 2.45. The topological polar surface area (TPSA) is 193 Å². The zero-order chi connectivity index (χ0) is 49.9. The van der Waals surface area contributed by atoms with Crippen LogP contribution in [-0.4, -0.2) is 137 Å². The van der Waals surface area contributed by atoms with Crippen molar-refractivity contribution >= 4 is 52.8 Å². The molecule has 5 aliphatic heterocycles. The van der Waals surface area contributed by atoms with E-state index in [2.05, 4.69) is 61.9 Å². The minimum Gasteiger partial charge on any atom is -0.487 e. The van der Waals surface area contributed by atoms with Crippen LogP contribution in [0.25, 0.3) is 0 Å². The van der Waals surface area contributed by atoms with Crippen molar-refractivity contribution in [3.63, 3.8) is 0 Å². The molecule has 3 aromatic carbocycles. The molecule has 0 bridgehead atoms. The molecule has 20 heteroatoms. The number of benzene rings is 3. The Morgan fingerprint density at radius 3 is 2.23 bits per heavy atom. The van der Waals surface area contributed by atoms with E-state index in [-0.39, 0.29) is 24.2 Å². The van der Waals surface area contributed by atoms with Crippen LogP contribution in [-0.2, 0) is 26.4 Å². The number of ether oxygens (including phenoxy) is 1. The summed E-state index contributed by atoms with van der Waals surface area (Å²) in [5.74, 6) is -2.60. The summed E-state index contributed by atoms with van der Waals surface area (Å²) in [4.78, 5) is 79.9. The van der Waals surface area contributed by atoms with Crippen molar-refractivity contribution in [3.05, 3.63) is 111 Å². The molecule has 4 saturated heterocycles. The van der Waals surface area contributed by atoms with E-state index in [4.69, 9.17) is 31.2 Å². The van der Waals surface area contributed by atoms with Gasteiger partial charge in [0.2, 0.25) is 17.8 Å². The van der Waals surface area contributed by atoms with Gasteiger partial charge in [0.15, 0.2) is 0 Å². The molecule has 0 aliphatic carbocycles. The van der Waals surface area contributed by atoms with Crippen LogP contribution < -0.4 is 19.9 Å². The molecule has 368 valence electrons. The predicted molar refractivity (Wildman–Crippen MR) is 251 cm³/mol. The molecule has 16 nitrogen and oxygen atoms in total. The molecule has 70 heavy (non-hydrogen) atoms. The first kappa shape index (κ1) is 49.8. The fourth-order valence-corrected chi connectivity index (χ4v) is 10.1. The van der Waals surface area contributed by atoms with E-state index < -0.39 is 35.9 Å². The van der Waals surface area contributed by atoms with Crippen LogP contribution in [0.5, 0.6) is 5.75 Å². The largest absolute Gasteiger partial charge is 0.490 e. The predicted octanol–water partition coefficient (Wildman–Crippen LogP) is 6.05. The van der Waals surface area contributed by atoms with Gasteiger partial charge in [-0.15, -0.1) is 0 Å². The summed E-state index contributed by atoms with van der Waals surface area (Å²) in [7, 11) is 0. The molecule has 0 spiro atoms. The molecule has 2 N–H and O–H groups in total. The second kappa shape index (κ2) is 20.8. The summed E-state index contributed by atoms with van der Waals surface area (Å²) in [6, 6.07) is 22.6. The first-order valence-corrected chi connectivity index (χ1v) is 23.6. The minimum atomic E-state index is -5.08. The van der Waals surface area contributed by atoms with E-state index in [1.807, 2.05) is 42.6 Å². The second-order valence-electron chi connectivity index (χ2n) is 18.8.